The standard InChI is InChI=1S/C13H18N2O5S/c1-19-11-6-9(8-14-13(16)4-3-5-21)10(15(17)18)7-12(11)20-2/h6-7,21H,3-5,8H2,1-2H3,(H,14,16). The topological polar surface area (TPSA) is 90.7 Å². The van der Waals surface area contributed by atoms with Crippen LogP contribution in [0.5, 0.6) is 11.5 Å². The van der Waals surface area contributed by atoms with Crippen LogP contribution in [0.1, 0.15) is 18.4 Å². The van der Waals surface area contributed by atoms with Gasteiger partial charge in [0.2, 0.25) is 5.91 Å². The van der Waals surface area contributed by atoms with Crippen molar-refractivity contribution in [2.45, 2.75) is 19.4 Å². The molecule has 0 unspecified atom stereocenters. The fourth-order valence-electron chi connectivity index (χ4n) is 1.74. The summed E-state index contributed by atoms with van der Waals surface area (Å²) in [4.78, 5) is 22.1. The van der Waals surface area contributed by atoms with E-state index in [1.807, 2.05) is 0 Å². The summed E-state index contributed by atoms with van der Waals surface area (Å²) in [5, 5.41) is 13.7. The molecule has 1 N–H and O–H groups in total. The molecule has 0 bridgehead atoms. The minimum Gasteiger partial charge on any atom is -0.493 e. The van der Waals surface area contributed by atoms with Gasteiger partial charge in [-0.15, -0.1) is 0 Å². The van der Waals surface area contributed by atoms with Crippen LogP contribution in [0.25, 0.3) is 0 Å². The Bertz CT molecular complexity index is 522. The van der Waals surface area contributed by atoms with Crippen LogP contribution in [-0.4, -0.2) is 30.8 Å². The molecule has 0 heterocycles. The van der Waals surface area contributed by atoms with E-state index in [0.29, 0.717) is 29.9 Å². The minimum absolute atomic E-state index is 0.0576. The van der Waals surface area contributed by atoms with Gasteiger partial charge in [0, 0.05) is 13.0 Å². The molecule has 1 amide bonds. The zero-order chi connectivity index (χ0) is 15.8. The van der Waals surface area contributed by atoms with Crippen LogP contribution >= 0.6 is 12.6 Å². The van der Waals surface area contributed by atoms with Gasteiger partial charge in [0.05, 0.1) is 30.8 Å². The van der Waals surface area contributed by atoms with Gasteiger partial charge >= 0.3 is 0 Å². The SMILES string of the molecule is COc1cc(CNC(=O)CCCS)c([N+](=O)[O-])cc1OC. The normalized spacial score (nSPS) is 10.0. The van der Waals surface area contributed by atoms with E-state index in [1.54, 1.807) is 0 Å². The Morgan fingerprint density at radius 2 is 1.95 bits per heavy atom. The second-order valence-electron chi connectivity index (χ2n) is 4.20. The van der Waals surface area contributed by atoms with Crippen LogP contribution in [0, 0.1) is 10.1 Å². The molecule has 21 heavy (non-hydrogen) atoms. The number of hydrogen-bond donors (Lipinski definition) is 2. The fraction of sp³-hybridized carbons (Fsp3) is 0.462. The molecule has 116 valence electrons. The predicted molar refractivity (Wildman–Crippen MR) is 81.1 cm³/mol. The van der Waals surface area contributed by atoms with Crippen molar-refractivity contribution in [1.29, 1.82) is 0 Å². The number of ether oxygens (including phenoxy) is 2. The second kappa shape index (κ2) is 8.35. The number of methoxy groups -OCH3 is 2. The highest BCUT2D eigenvalue weighted by Crippen LogP contribution is 2.34. The van der Waals surface area contributed by atoms with Gasteiger partial charge in [0.25, 0.3) is 5.69 Å². The molecule has 0 aliphatic rings. The summed E-state index contributed by atoms with van der Waals surface area (Å²) in [6.45, 7) is 0.0576. The van der Waals surface area contributed by atoms with Gasteiger partial charge in [-0.3, -0.25) is 14.9 Å². The van der Waals surface area contributed by atoms with E-state index in [9.17, 15) is 14.9 Å². The summed E-state index contributed by atoms with van der Waals surface area (Å²) in [5.41, 5.74) is 0.235. The van der Waals surface area contributed by atoms with Crippen LogP contribution in [0.4, 0.5) is 5.69 Å². The Labute approximate surface area is 128 Å². The smallest absolute Gasteiger partial charge is 0.278 e. The van der Waals surface area contributed by atoms with Crippen molar-refractivity contribution in [3.05, 3.63) is 27.8 Å². The Hall–Kier alpha value is -1.96. The highest BCUT2D eigenvalue weighted by Gasteiger charge is 2.19. The van der Waals surface area contributed by atoms with Gasteiger partial charge in [0.15, 0.2) is 11.5 Å². The highest BCUT2D eigenvalue weighted by molar-refractivity contribution is 7.80. The summed E-state index contributed by atoms with van der Waals surface area (Å²) < 4.78 is 10.1. The summed E-state index contributed by atoms with van der Waals surface area (Å²) in [5.74, 6) is 1.09. The van der Waals surface area contributed by atoms with Gasteiger partial charge < -0.3 is 14.8 Å². The fourth-order valence-corrected chi connectivity index (χ4v) is 1.90. The number of nitro groups is 1. The third kappa shape index (κ3) is 4.82. The monoisotopic (exact) mass is 314 g/mol. The molecule has 1 rings (SSSR count). The largest absolute Gasteiger partial charge is 0.493 e. The molecule has 1 aromatic rings. The molecule has 0 aliphatic carbocycles. The molecule has 0 aliphatic heterocycles. The summed E-state index contributed by atoms with van der Waals surface area (Å²) in [6.07, 6.45) is 0.994. The van der Waals surface area contributed by atoms with Crippen LogP contribution in [0.2, 0.25) is 0 Å². The van der Waals surface area contributed by atoms with E-state index in [2.05, 4.69) is 17.9 Å². The first-order chi connectivity index (χ1) is 10.0. The molecule has 0 radical (unpaired) electrons. The number of carbonyl (C=O) groups excluding carboxylic acids is 1. The average Bonchev–Trinajstić information content (AvgIpc) is 2.49. The molecule has 7 nitrogen and oxygen atoms in total. The first-order valence-electron chi connectivity index (χ1n) is 6.30. The van der Waals surface area contributed by atoms with Gasteiger partial charge in [0.1, 0.15) is 0 Å². The molecule has 0 saturated heterocycles. The molecule has 0 aromatic heterocycles. The van der Waals surface area contributed by atoms with Gasteiger partial charge in [-0.1, -0.05) is 0 Å². The van der Waals surface area contributed by atoms with Crippen molar-refractivity contribution in [2.24, 2.45) is 0 Å². The molecule has 0 saturated carbocycles. The van der Waals surface area contributed by atoms with Crippen LogP contribution in [0.3, 0.4) is 0 Å². The number of nitrogens with one attached hydrogen (secondary N) is 1. The Kier molecular flexibility index (Phi) is 6.80. The van der Waals surface area contributed by atoms with Crippen molar-refractivity contribution < 1.29 is 19.2 Å². The van der Waals surface area contributed by atoms with Crippen molar-refractivity contribution in [1.82, 2.24) is 5.32 Å². The summed E-state index contributed by atoms with van der Waals surface area (Å²) in [6, 6.07) is 2.78. The maximum atomic E-state index is 11.6. The van der Waals surface area contributed by atoms with E-state index >= 15 is 0 Å². The average molecular weight is 314 g/mol. The molecule has 0 atom stereocenters. The Balaban J connectivity index is 2.93. The van der Waals surface area contributed by atoms with E-state index in [-0.39, 0.29) is 23.9 Å². The lowest BCUT2D eigenvalue weighted by Crippen LogP contribution is -2.23. The van der Waals surface area contributed by atoms with Crippen LogP contribution < -0.4 is 14.8 Å². The third-order valence-corrected chi connectivity index (χ3v) is 3.14. The highest BCUT2D eigenvalue weighted by atomic mass is 32.1. The second-order valence-corrected chi connectivity index (χ2v) is 4.64. The van der Waals surface area contributed by atoms with E-state index in [4.69, 9.17) is 9.47 Å². The number of nitrogens with zero attached hydrogens (tertiary/aromatic N) is 1. The number of nitro benzene ring substituents is 1. The van der Waals surface area contributed by atoms with E-state index in [0.717, 1.165) is 0 Å². The van der Waals surface area contributed by atoms with Crippen molar-refractivity contribution in [3.63, 3.8) is 0 Å². The third-order valence-electron chi connectivity index (χ3n) is 2.82. The lowest BCUT2D eigenvalue weighted by atomic mass is 10.1. The molecule has 1 aromatic carbocycles. The first kappa shape index (κ1) is 17.1. The number of carbonyl (C=O) groups is 1. The molecule has 0 fully saturated rings. The van der Waals surface area contributed by atoms with E-state index < -0.39 is 4.92 Å². The number of hydrogen-bond acceptors (Lipinski definition) is 6. The van der Waals surface area contributed by atoms with Crippen molar-refractivity contribution in [2.75, 3.05) is 20.0 Å². The zero-order valence-electron chi connectivity index (χ0n) is 11.9. The molecule has 0 spiro atoms. The number of thiol groups is 1. The maximum absolute atomic E-state index is 11.6. The van der Waals surface area contributed by atoms with E-state index in [1.165, 1.54) is 26.4 Å². The van der Waals surface area contributed by atoms with Crippen LogP contribution in [0.15, 0.2) is 12.1 Å². The zero-order valence-corrected chi connectivity index (χ0v) is 12.8. The quantitative estimate of drug-likeness (QED) is 0.435. The lowest BCUT2D eigenvalue weighted by molar-refractivity contribution is -0.385. The molecular formula is C13H18N2O5S. The Morgan fingerprint density at radius 1 is 1.33 bits per heavy atom. The number of benzene rings is 1. The van der Waals surface area contributed by atoms with Crippen molar-refractivity contribution in [3.8, 4) is 11.5 Å². The van der Waals surface area contributed by atoms with Gasteiger partial charge in [-0.2, -0.15) is 12.6 Å². The van der Waals surface area contributed by atoms with Gasteiger partial charge in [-0.25, -0.2) is 0 Å². The summed E-state index contributed by atoms with van der Waals surface area (Å²) in [7, 11) is 2.85. The van der Waals surface area contributed by atoms with Crippen molar-refractivity contribution >= 4 is 24.2 Å². The van der Waals surface area contributed by atoms with Gasteiger partial charge in [-0.05, 0) is 18.2 Å². The predicted octanol–water partition coefficient (Wildman–Crippen LogP) is 1.94. The molecular weight excluding hydrogens is 296 g/mol. The first-order valence-corrected chi connectivity index (χ1v) is 6.93. The number of rotatable bonds is 8. The summed E-state index contributed by atoms with van der Waals surface area (Å²) >= 11 is 4.02. The lowest BCUT2D eigenvalue weighted by Gasteiger charge is -2.11. The minimum atomic E-state index is -0.517. The maximum Gasteiger partial charge on any atom is 0.278 e. The molecule has 8 heteroatoms. The number of amides is 1. The van der Waals surface area contributed by atoms with Crippen LogP contribution in [-0.2, 0) is 11.3 Å². The Morgan fingerprint density at radius 3 is 2.48 bits per heavy atom.